The lowest BCUT2D eigenvalue weighted by Crippen LogP contribution is -2.34. The highest BCUT2D eigenvalue weighted by molar-refractivity contribution is 5.97. The summed E-state index contributed by atoms with van der Waals surface area (Å²) < 4.78 is 11.8. The quantitative estimate of drug-likeness (QED) is 0.165. The Morgan fingerprint density at radius 2 is 1.43 bits per heavy atom. The molecule has 3 aromatic rings. The molecule has 1 spiro atoms. The average molecular weight is 407 g/mol. The summed E-state index contributed by atoms with van der Waals surface area (Å²) in [4.78, 5) is 21.9. The molecular formula is C21H17N3O6. The molecule has 2 aliphatic rings. The molecule has 0 bridgehead atoms. The Balaban J connectivity index is 0.000000393. The van der Waals surface area contributed by atoms with Crippen LogP contribution in [-0.4, -0.2) is 22.2 Å². The molecule has 5 rings (SSSR count). The Kier molecular flexibility index (Phi) is 4.44. The number of amides is 2. The zero-order chi connectivity index (χ0) is 21.5. The standard InChI is InChI=1S/C20H12O5.CH5N3O/c21-11-5-7-15-17(9-11)24-18-10-12(22)6-8-16(18)20(15)14-4-2-1-3-13(14)19(23)25-20;2-1(5)4-3/h1-10,21-22H;3H2,(H3,2,4,5). The molecule has 30 heavy (non-hydrogen) atoms. The van der Waals surface area contributed by atoms with Crippen LogP contribution in [0.5, 0.6) is 23.0 Å². The van der Waals surface area contributed by atoms with Crippen molar-refractivity contribution >= 4 is 12.0 Å². The molecule has 0 aliphatic carbocycles. The molecule has 0 unspecified atom stereocenters. The second-order valence-electron chi connectivity index (χ2n) is 6.59. The number of nitrogens with two attached hydrogens (primary N) is 2. The SMILES string of the molecule is NNC(N)=O.O=C1OC2(c3ccc(O)cc3Oc3cc(O)ccc32)c2ccccc21. The first kappa shape index (κ1) is 19.1. The summed E-state index contributed by atoms with van der Waals surface area (Å²) in [7, 11) is 0. The minimum absolute atomic E-state index is 0.0371. The van der Waals surface area contributed by atoms with Gasteiger partial charge in [-0.25, -0.2) is 15.4 Å². The zero-order valence-electron chi connectivity index (χ0n) is 15.5. The minimum atomic E-state index is -1.17. The molecule has 0 atom stereocenters. The Bertz CT molecular complexity index is 1130. The summed E-state index contributed by atoms with van der Waals surface area (Å²) in [6, 6.07) is 15.9. The summed E-state index contributed by atoms with van der Waals surface area (Å²) in [5, 5.41) is 19.7. The molecule has 2 aliphatic heterocycles. The van der Waals surface area contributed by atoms with E-state index in [0.29, 0.717) is 33.8 Å². The summed E-state index contributed by atoms with van der Waals surface area (Å²) in [6.07, 6.45) is 0. The van der Waals surface area contributed by atoms with Crippen molar-refractivity contribution in [2.45, 2.75) is 5.60 Å². The van der Waals surface area contributed by atoms with Crippen LogP contribution in [0.15, 0.2) is 60.7 Å². The van der Waals surface area contributed by atoms with Gasteiger partial charge in [-0.1, -0.05) is 18.2 Å². The highest BCUT2D eigenvalue weighted by Gasteiger charge is 2.53. The number of benzene rings is 3. The lowest BCUT2D eigenvalue weighted by atomic mass is 9.77. The largest absolute Gasteiger partial charge is 0.508 e. The van der Waals surface area contributed by atoms with Crippen LogP contribution in [0.3, 0.4) is 0 Å². The number of rotatable bonds is 0. The number of hydrazine groups is 1. The lowest BCUT2D eigenvalue weighted by Gasteiger charge is -2.36. The molecule has 7 N–H and O–H groups in total. The van der Waals surface area contributed by atoms with Crippen molar-refractivity contribution < 1.29 is 29.3 Å². The first-order valence-electron chi connectivity index (χ1n) is 8.80. The number of carbonyl (C=O) groups excluding carboxylic acids is 2. The van der Waals surface area contributed by atoms with E-state index in [1.165, 1.54) is 24.3 Å². The maximum absolute atomic E-state index is 12.5. The third-order valence-corrected chi connectivity index (χ3v) is 4.82. The summed E-state index contributed by atoms with van der Waals surface area (Å²) in [5.74, 6) is 4.86. The van der Waals surface area contributed by atoms with Gasteiger partial charge in [0, 0.05) is 28.8 Å². The topological polar surface area (TPSA) is 157 Å². The molecule has 3 aromatic carbocycles. The van der Waals surface area contributed by atoms with Crippen LogP contribution in [0.2, 0.25) is 0 Å². The van der Waals surface area contributed by atoms with Gasteiger partial charge in [0.1, 0.15) is 23.0 Å². The van der Waals surface area contributed by atoms with E-state index in [0.717, 1.165) is 0 Å². The van der Waals surface area contributed by atoms with Gasteiger partial charge in [0.15, 0.2) is 5.60 Å². The van der Waals surface area contributed by atoms with Crippen molar-refractivity contribution in [1.29, 1.82) is 0 Å². The van der Waals surface area contributed by atoms with Crippen LogP contribution in [0.25, 0.3) is 0 Å². The molecule has 0 saturated carbocycles. The Hall–Kier alpha value is -4.24. The number of aromatic hydroxyl groups is 2. The van der Waals surface area contributed by atoms with E-state index in [2.05, 4.69) is 11.6 Å². The molecule has 9 nitrogen and oxygen atoms in total. The van der Waals surface area contributed by atoms with Gasteiger partial charge in [-0.2, -0.15) is 0 Å². The van der Waals surface area contributed by atoms with Crippen LogP contribution >= 0.6 is 0 Å². The van der Waals surface area contributed by atoms with Crippen molar-refractivity contribution in [3.8, 4) is 23.0 Å². The van der Waals surface area contributed by atoms with Gasteiger partial charge in [-0.3, -0.25) is 5.43 Å². The van der Waals surface area contributed by atoms with Gasteiger partial charge in [-0.05, 0) is 30.3 Å². The van der Waals surface area contributed by atoms with Gasteiger partial charge < -0.3 is 25.4 Å². The number of phenolic OH excluding ortho intramolecular Hbond substituents is 2. The summed E-state index contributed by atoms with van der Waals surface area (Å²) in [6.45, 7) is 0. The molecular weight excluding hydrogens is 390 g/mol. The smallest absolute Gasteiger partial charge is 0.340 e. The number of fused-ring (bicyclic) bond motifs is 6. The molecule has 0 saturated heterocycles. The summed E-state index contributed by atoms with van der Waals surface area (Å²) >= 11 is 0. The van der Waals surface area contributed by atoms with Gasteiger partial charge in [0.25, 0.3) is 0 Å². The third kappa shape index (κ3) is 2.85. The third-order valence-electron chi connectivity index (χ3n) is 4.82. The molecule has 9 heteroatoms. The van der Waals surface area contributed by atoms with Crippen molar-refractivity contribution in [1.82, 2.24) is 5.43 Å². The van der Waals surface area contributed by atoms with E-state index in [9.17, 15) is 19.8 Å². The fraction of sp³-hybridized carbons (Fsp3) is 0.0476. The Morgan fingerprint density at radius 3 is 1.97 bits per heavy atom. The maximum atomic E-state index is 12.5. The number of phenols is 2. The van der Waals surface area contributed by atoms with E-state index in [1.54, 1.807) is 29.7 Å². The second-order valence-corrected chi connectivity index (χ2v) is 6.59. The Morgan fingerprint density at radius 1 is 0.900 bits per heavy atom. The highest BCUT2D eigenvalue weighted by Crippen LogP contribution is 2.56. The summed E-state index contributed by atoms with van der Waals surface area (Å²) in [5.41, 5.74) is 7.37. The molecule has 0 fully saturated rings. The normalized spacial score (nSPS) is 14.2. The zero-order valence-corrected chi connectivity index (χ0v) is 15.5. The number of hydrogen-bond donors (Lipinski definition) is 5. The van der Waals surface area contributed by atoms with Crippen molar-refractivity contribution in [2.24, 2.45) is 11.6 Å². The van der Waals surface area contributed by atoms with Crippen LogP contribution in [0.1, 0.15) is 27.0 Å². The first-order chi connectivity index (χ1) is 14.4. The van der Waals surface area contributed by atoms with E-state index in [1.807, 2.05) is 12.1 Å². The van der Waals surface area contributed by atoms with E-state index in [4.69, 9.17) is 9.47 Å². The van der Waals surface area contributed by atoms with E-state index < -0.39 is 17.6 Å². The average Bonchev–Trinajstić information content (AvgIpc) is 3.01. The highest BCUT2D eigenvalue weighted by atomic mass is 16.6. The molecule has 2 heterocycles. The minimum Gasteiger partial charge on any atom is -0.508 e. The predicted molar refractivity (Wildman–Crippen MR) is 105 cm³/mol. The first-order valence-corrected chi connectivity index (χ1v) is 8.80. The van der Waals surface area contributed by atoms with Crippen LogP contribution in [0, 0.1) is 0 Å². The molecule has 2 amide bonds. The van der Waals surface area contributed by atoms with Gasteiger partial charge >= 0.3 is 12.0 Å². The van der Waals surface area contributed by atoms with Crippen molar-refractivity contribution in [3.63, 3.8) is 0 Å². The number of carbonyl (C=O) groups is 2. The van der Waals surface area contributed by atoms with Gasteiger partial charge in [0.2, 0.25) is 0 Å². The number of nitrogens with one attached hydrogen (secondary N) is 1. The second kappa shape index (κ2) is 6.98. The monoisotopic (exact) mass is 407 g/mol. The predicted octanol–water partition coefficient (Wildman–Crippen LogP) is 2.19. The van der Waals surface area contributed by atoms with E-state index >= 15 is 0 Å². The van der Waals surface area contributed by atoms with Crippen LogP contribution in [-0.2, 0) is 10.3 Å². The fourth-order valence-corrected chi connectivity index (χ4v) is 3.65. The molecule has 0 aromatic heterocycles. The molecule has 152 valence electrons. The van der Waals surface area contributed by atoms with Gasteiger partial charge in [0.05, 0.1) is 5.56 Å². The lowest BCUT2D eigenvalue weighted by molar-refractivity contribution is 0.0224. The number of ether oxygens (including phenoxy) is 2. The number of hydrogen-bond acceptors (Lipinski definition) is 7. The maximum Gasteiger partial charge on any atom is 0.340 e. The van der Waals surface area contributed by atoms with E-state index in [-0.39, 0.29) is 11.5 Å². The number of urea groups is 1. The molecule has 0 radical (unpaired) electrons. The van der Waals surface area contributed by atoms with Crippen LogP contribution < -0.4 is 21.7 Å². The number of primary amides is 1. The van der Waals surface area contributed by atoms with Gasteiger partial charge in [-0.15, -0.1) is 0 Å². The van der Waals surface area contributed by atoms with Crippen molar-refractivity contribution in [2.75, 3.05) is 0 Å². The van der Waals surface area contributed by atoms with Crippen LogP contribution in [0.4, 0.5) is 4.79 Å². The van der Waals surface area contributed by atoms with Crippen molar-refractivity contribution in [3.05, 3.63) is 82.9 Å². The number of esters is 1. The Labute approximate surface area is 170 Å². The fourth-order valence-electron chi connectivity index (χ4n) is 3.65.